The highest BCUT2D eigenvalue weighted by Crippen LogP contribution is 2.12. The number of fused-ring (bicyclic) bond motifs is 1. The fourth-order valence-electron chi connectivity index (χ4n) is 2.26. The Bertz CT molecular complexity index is 711. The van der Waals surface area contributed by atoms with Gasteiger partial charge in [0.2, 0.25) is 0 Å². The van der Waals surface area contributed by atoms with Gasteiger partial charge in [-0.3, -0.25) is 9.59 Å². The maximum absolute atomic E-state index is 12.2. The number of hydrogen-bond acceptors (Lipinski definition) is 4. The average Bonchev–Trinajstić information content (AvgIpc) is 2.47. The van der Waals surface area contributed by atoms with Gasteiger partial charge in [0.25, 0.3) is 11.5 Å². The summed E-state index contributed by atoms with van der Waals surface area (Å²) in [5.41, 5.74) is -0.615. The lowest BCUT2D eigenvalue weighted by Crippen LogP contribution is -2.49. The third-order valence-electron chi connectivity index (χ3n) is 3.39. The van der Waals surface area contributed by atoms with Crippen LogP contribution >= 0.6 is 0 Å². The minimum atomic E-state index is -0.726. The molecule has 2 aromatic rings. The van der Waals surface area contributed by atoms with Crippen LogP contribution in [0.3, 0.4) is 0 Å². The third kappa shape index (κ3) is 3.28. The van der Waals surface area contributed by atoms with E-state index >= 15 is 0 Å². The number of aromatic amines is 1. The number of aromatic nitrogens is 2. The lowest BCUT2D eigenvalue weighted by atomic mass is 9.97. The Morgan fingerprint density at radius 2 is 2.14 bits per heavy atom. The van der Waals surface area contributed by atoms with E-state index in [1.807, 2.05) is 6.92 Å². The van der Waals surface area contributed by atoms with Crippen LogP contribution in [0.4, 0.5) is 0 Å². The first-order valence-electron chi connectivity index (χ1n) is 6.91. The zero-order valence-corrected chi connectivity index (χ0v) is 12.1. The molecule has 6 nitrogen and oxygen atoms in total. The predicted molar refractivity (Wildman–Crippen MR) is 80.2 cm³/mol. The quantitative estimate of drug-likeness (QED) is 0.771. The van der Waals surface area contributed by atoms with Crippen LogP contribution in [0, 0.1) is 0 Å². The third-order valence-corrected chi connectivity index (χ3v) is 3.39. The summed E-state index contributed by atoms with van der Waals surface area (Å²) in [4.78, 5) is 30.8. The summed E-state index contributed by atoms with van der Waals surface area (Å²) >= 11 is 0. The fourth-order valence-corrected chi connectivity index (χ4v) is 2.26. The van der Waals surface area contributed by atoms with Crippen LogP contribution in [-0.2, 0) is 0 Å². The number of benzene rings is 1. The average molecular weight is 289 g/mol. The van der Waals surface area contributed by atoms with Crippen LogP contribution in [0.2, 0.25) is 0 Å². The van der Waals surface area contributed by atoms with Crippen molar-refractivity contribution in [1.29, 1.82) is 0 Å². The Balaban J connectivity index is 2.34. The molecule has 0 saturated heterocycles. The van der Waals surface area contributed by atoms with E-state index in [4.69, 9.17) is 0 Å². The van der Waals surface area contributed by atoms with E-state index < -0.39 is 11.4 Å². The Hall–Kier alpha value is -2.21. The van der Waals surface area contributed by atoms with Gasteiger partial charge in [-0.2, -0.15) is 0 Å². The fraction of sp³-hybridized carbons (Fsp3) is 0.400. The van der Waals surface area contributed by atoms with Gasteiger partial charge in [-0.25, -0.2) is 4.98 Å². The highest BCUT2D eigenvalue weighted by Gasteiger charge is 2.26. The Labute approximate surface area is 122 Å². The Morgan fingerprint density at radius 3 is 2.81 bits per heavy atom. The molecule has 0 bridgehead atoms. The summed E-state index contributed by atoms with van der Waals surface area (Å²) in [5, 5.41) is 12.6. The number of amides is 1. The van der Waals surface area contributed by atoms with Gasteiger partial charge in [0.1, 0.15) is 0 Å². The molecule has 1 aromatic carbocycles. The summed E-state index contributed by atoms with van der Waals surface area (Å²) in [6, 6.07) is 6.82. The largest absolute Gasteiger partial charge is 0.394 e. The van der Waals surface area contributed by atoms with E-state index in [1.54, 1.807) is 31.2 Å². The summed E-state index contributed by atoms with van der Waals surface area (Å²) in [7, 11) is 0. The number of H-pyrrole nitrogens is 1. The zero-order chi connectivity index (χ0) is 15.5. The molecule has 1 amide bonds. The van der Waals surface area contributed by atoms with Gasteiger partial charge in [0.15, 0.2) is 5.82 Å². The summed E-state index contributed by atoms with van der Waals surface area (Å²) in [6.45, 7) is 3.55. The molecule has 0 aliphatic rings. The Morgan fingerprint density at radius 1 is 1.43 bits per heavy atom. The van der Waals surface area contributed by atoms with Gasteiger partial charge in [-0.1, -0.05) is 25.5 Å². The number of aliphatic hydroxyl groups is 1. The maximum Gasteiger partial charge on any atom is 0.287 e. The van der Waals surface area contributed by atoms with E-state index in [0.717, 1.165) is 6.42 Å². The van der Waals surface area contributed by atoms with Gasteiger partial charge in [-0.15, -0.1) is 0 Å². The zero-order valence-electron chi connectivity index (χ0n) is 12.1. The summed E-state index contributed by atoms with van der Waals surface area (Å²) < 4.78 is 0. The first kappa shape index (κ1) is 15.2. The number of hydrogen-bond donors (Lipinski definition) is 3. The van der Waals surface area contributed by atoms with E-state index in [-0.39, 0.29) is 18.0 Å². The number of aliphatic hydroxyl groups excluding tert-OH is 1. The molecule has 1 heterocycles. The summed E-state index contributed by atoms with van der Waals surface area (Å²) in [6.07, 6.45) is 1.45. The number of para-hydroxylation sites is 1. The van der Waals surface area contributed by atoms with Gasteiger partial charge >= 0.3 is 0 Å². The van der Waals surface area contributed by atoms with Crippen molar-refractivity contribution in [2.24, 2.45) is 0 Å². The molecule has 1 unspecified atom stereocenters. The first-order valence-corrected chi connectivity index (χ1v) is 6.91. The molecule has 0 spiro atoms. The summed E-state index contributed by atoms with van der Waals surface area (Å²) in [5.74, 6) is -0.544. The monoisotopic (exact) mass is 289 g/mol. The number of carbonyl (C=O) groups excluding carboxylic acids is 1. The smallest absolute Gasteiger partial charge is 0.287 e. The molecule has 0 aliphatic carbocycles. The van der Waals surface area contributed by atoms with Crippen LogP contribution in [-0.4, -0.2) is 33.1 Å². The lowest BCUT2D eigenvalue weighted by molar-refractivity contribution is 0.0830. The van der Waals surface area contributed by atoms with E-state index in [9.17, 15) is 14.7 Å². The van der Waals surface area contributed by atoms with Crippen molar-refractivity contribution >= 4 is 16.8 Å². The predicted octanol–water partition coefficient (Wildman–Crippen LogP) is 1.20. The van der Waals surface area contributed by atoms with Crippen molar-refractivity contribution in [3.8, 4) is 0 Å². The Kier molecular flexibility index (Phi) is 4.37. The number of rotatable bonds is 5. The minimum Gasteiger partial charge on any atom is -0.394 e. The van der Waals surface area contributed by atoms with Crippen molar-refractivity contribution in [1.82, 2.24) is 15.3 Å². The molecule has 0 fully saturated rings. The molecule has 3 N–H and O–H groups in total. The molecule has 21 heavy (non-hydrogen) atoms. The maximum atomic E-state index is 12.2. The second-order valence-electron chi connectivity index (χ2n) is 5.35. The van der Waals surface area contributed by atoms with E-state index in [0.29, 0.717) is 17.3 Å². The SMILES string of the molecule is CCCC(C)(CO)NC(=O)c1nc2ccccc2c(=O)[nH]1. The molecular weight excluding hydrogens is 270 g/mol. The van der Waals surface area contributed by atoms with Crippen molar-refractivity contribution in [3.05, 3.63) is 40.4 Å². The molecule has 0 aliphatic heterocycles. The molecule has 0 radical (unpaired) electrons. The van der Waals surface area contributed by atoms with E-state index in [2.05, 4.69) is 15.3 Å². The molecule has 0 saturated carbocycles. The van der Waals surface area contributed by atoms with Gasteiger partial charge in [-0.05, 0) is 25.5 Å². The van der Waals surface area contributed by atoms with Crippen molar-refractivity contribution in [3.63, 3.8) is 0 Å². The van der Waals surface area contributed by atoms with Crippen LogP contribution in [0.1, 0.15) is 37.3 Å². The number of nitrogens with zero attached hydrogens (tertiary/aromatic N) is 1. The van der Waals surface area contributed by atoms with Gasteiger partial charge < -0.3 is 15.4 Å². The molecule has 2 rings (SSSR count). The van der Waals surface area contributed by atoms with Crippen LogP contribution < -0.4 is 10.9 Å². The van der Waals surface area contributed by atoms with Crippen molar-refractivity contribution < 1.29 is 9.90 Å². The molecule has 1 aromatic heterocycles. The molecule has 112 valence electrons. The van der Waals surface area contributed by atoms with Crippen molar-refractivity contribution in [2.75, 3.05) is 6.61 Å². The van der Waals surface area contributed by atoms with Crippen LogP contribution in [0.5, 0.6) is 0 Å². The van der Waals surface area contributed by atoms with Gasteiger partial charge in [0.05, 0.1) is 23.0 Å². The second-order valence-corrected chi connectivity index (χ2v) is 5.35. The topological polar surface area (TPSA) is 95.1 Å². The highest BCUT2D eigenvalue weighted by atomic mass is 16.3. The number of nitrogens with one attached hydrogen (secondary N) is 2. The standard InChI is InChI=1S/C15H19N3O3/c1-3-8-15(2,9-19)18-14(21)12-16-11-7-5-4-6-10(11)13(20)17-12/h4-7,19H,3,8-9H2,1-2H3,(H,18,21)(H,16,17,20). The lowest BCUT2D eigenvalue weighted by Gasteiger charge is -2.27. The van der Waals surface area contributed by atoms with E-state index in [1.165, 1.54) is 0 Å². The van der Waals surface area contributed by atoms with Crippen LogP contribution in [0.25, 0.3) is 10.9 Å². The second kappa shape index (κ2) is 6.05. The van der Waals surface area contributed by atoms with Crippen LogP contribution in [0.15, 0.2) is 29.1 Å². The minimum absolute atomic E-state index is 0.0468. The molecule has 6 heteroatoms. The first-order chi connectivity index (χ1) is 9.99. The molecular formula is C15H19N3O3. The van der Waals surface area contributed by atoms with Crippen molar-refractivity contribution in [2.45, 2.75) is 32.2 Å². The van der Waals surface area contributed by atoms with Gasteiger partial charge in [0, 0.05) is 0 Å². The highest BCUT2D eigenvalue weighted by molar-refractivity contribution is 5.93. The normalized spacial score (nSPS) is 13.9. The number of carbonyl (C=O) groups is 1. The molecule has 1 atom stereocenters.